The van der Waals surface area contributed by atoms with Crippen molar-refractivity contribution in [2.45, 2.75) is 13.3 Å². The van der Waals surface area contributed by atoms with Gasteiger partial charge in [0.1, 0.15) is 16.5 Å². The number of hydrogen-bond donors (Lipinski definition) is 0. The number of aromatic nitrogens is 1. The Labute approximate surface area is 94.2 Å². The molecular weight excluding hydrogens is 247 g/mol. The van der Waals surface area contributed by atoms with Crippen LogP contribution in [0.2, 0.25) is 5.02 Å². The second-order valence-electron chi connectivity index (χ2n) is 2.71. The molecule has 0 fully saturated rings. The van der Waals surface area contributed by atoms with Crippen molar-refractivity contribution in [1.29, 1.82) is 0 Å². The number of nitrogens with zero attached hydrogens (tertiary/aromatic N) is 1. The van der Waals surface area contributed by atoms with Crippen LogP contribution in [-0.4, -0.2) is 17.6 Å². The van der Waals surface area contributed by atoms with E-state index in [4.69, 9.17) is 11.6 Å². The lowest BCUT2D eigenvalue weighted by atomic mass is 10.3. The standard InChI is InChI=1S/C9H7ClF3NO2/c1-2-16-9(15)5-3-4(11)6(10)7(14-5)8(12)13/h3,8H,2H2,1H3. The van der Waals surface area contributed by atoms with Gasteiger partial charge >= 0.3 is 5.97 Å². The minimum atomic E-state index is -3.06. The Kier molecular flexibility index (Phi) is 4.12. The first-order valence-corrected chi connectivity index (χ1v) is 4.66. The van der Waals surface area contributed by atoms with Crippen molar-refractivity contribution in [3.8, 4) is 0 Å². The van der Waals surface area contributed by atoms with Gasteiger partial charge in [0.15, 0.2) is 5.69 Å². The maximum atomic E-state index is 13.1. The Morgan fingerprint density at radius 3 is 2.75 bits per heavy atom. The minimum absolute atomic E-state index is 0.0365. The summed E-state index contributed by atoms with van der Waals surface area (Å²) in [7, 11) is 0. The monoisotopic (exact) mass is 253 g/mol. The largest absolute Gasteiger partial charge is 0.461 e. The van der Waals surface area contributed by atoms with Crippen LogP contribution >= 0.6 is 11.6 Å². The zero-order valence-corrected chi connectivity index (χ0v) is 8.89. The third kappa shape index (κ3) is 2.63. The number of carbonyl (C=O) groups is 1. The number of alkyl halides is 2. The molecule has 1 heterocycles. The van der Waals surface area contributed by atoms with Gasteiger partial charge in [0.05, 0.1) is 6.61 Å². The van der Waals surface area contributed by atoms with Crippen molar-refractivity contribution in [3.05, 3.63) is 28.3 Å². The van der Waals surface area contributed by atoms with E-state index in [1.807, 2.05) is 0 Å². The Morgan fingerprint density at radius 2 is 2.25 bits per heavy atom. The lowest BCUT2D eigenvalue weighted by Crippen LogP contribution is -2.10. The van der Waals surface area contributed by atoms with Crippen LogP contribution in [-0.2, 0) is 4.74 Å². The van der Waals surface area contributed by atoms with Gasteiger partial charge in [-0.05, 0) is 6.92 Å². The van der Waals surface area contributed by atoms with Crippen molar-refractivity contribution in [2.75, 3.05) is 6.61 Å². The number of esters is 1. The Bertz CT molecular complexity index is 412. The average Bonchev–Trinajstić information content (AvgIpc) is 2.21. The average molecular weight is 254 g/mol. The van der Waals surface area contributed by atoms with E-state index in [0.29, 0.717) is 6.07 Å². The maximum Gasteiger partial charge on any atom is 0.357 e. The normalized spacial score (nSPS) is 10.6. The maximum absolute atomic E-state index is 13.1. The van der Waals surface area contributed by atoms with Gasteiger partial charge in [0, 0.05) is 6.07 Å². The molecule has 0 saturated carbocycles. The molecule has 3 nitrogen and oxygen atoms in total. The van der Waals surface area contributed by atoms with Crippen LogP contribution in [0.3, 0.4) is 0 Å². The number of hydrogen-bond acceptors (Lipinski definition) is 3. The van der Waals surface area contributed by atoms with Crippen molar-refractivity contribution >= 4 is 17.6 Å². The quantitative estimate of drug-likeness (QED) is 0.778. The Morgan fingerprint density at radius 1 is 1.62 bits per heavy atom. The van der Waals surface area contributed by atoms with Gasteiger partial charge in [-0.25, -0.2) is 22.9 Å². The third-order valence-electron chi connectivity index (χ3n) is 1.63. The highest BCUT2D eigenvalue weighted by molar-refractivity contribution is 6.31. The summed E-state index contributed by atoms with van der Waals surface area (Å²) in [5, 5.41) is -0.789. The molecule has 0 aliphatic heterocycles. The zero-order chi connectivity index (χ0) is 12.3. The summed E-state index contributed by atoms with van der Waals surface area (Å²) in [6.45, 7) is 1.56. The Balaban J connectivity index is 3.18. The molecule has 0 aliphatic rings. The molecule has 0 aromatic carbocycles. The number of carbonyl (C=O) groups excluding carboxylic acids is 1. The molecule has 0 amide bonds. The first-order chi connectivity index (χ1) is 7.47. The summed E-state index contributed by atoms with van der Waals surface area (Å²) >= 11 is 5.27. The fraction of sp³-hybridized carbons (Fsp3) is 0.333. The van der Waals surface area contributed by atoms with E-state index < -0.39 is 34.6 Å². The molecule has 0 spiro atoms. The lowest BCUT2D eigenvalue weighted by Gasteiger charge is -2.06. The van der Waals surface area contributed by atoms with Crippen LogP contribution in [0.15, 0.2) is 6.07 Å². The fourth-order valence-electron chi connectivity index (χ4n) is 0.971. The van der Waals surface area contributed by atoms with Crippen molar-refractivity contribution < 1.29 is 22.7 Å². The molecule has 0 N–H and O–H groups in total. The predicted octanol–water partition coefficient (Wildman–Crippen LogP) is 2.99. The lowest BCUT2D eigenvalue weighted by molar-refractivity contribution is 0.0517. The number of halogens is 4. The molecule has 0 saturated heterocycles. The SMILES string of the molecule is CCOC(=O)c1cc(F)c(Cl)c(C(F)F)n1. The second kappa shape index (κ2) is 5.16. The van der Waals surface area contributed by atoms with Crippen molar-refractivity contribution in [2.24, 2.45) is 0 Å². The fourth-order valence-corrected chi connectivity index (χ4v) is 1.15. The third-order valence-corrected chi connectivity index (χ3v) is 2.00. The van der Waals surface area contributed by atoms with E-state index in [-0.39, 0.29) is 6.61 Å². The van der Waals surface area contributed by atoms with E-state index in [9.17, 15) is 18.0 Å². The first kappa shape index (κ1) is 12.8. The summed E-state index contributed by atoms with van der Waals surface area (Å²) in [5.74, 6) is -2.10. The molecule has 1 aromatic heterocycles. The van der Waals surface area contributed by atoms with Crippen LogP contribution in [0.25, 0.3) is 0 Å². The van der Waals surface area contributed by atoms with Crippen LogP contribution in [0, 0.1) is 5.82 Å². The number of rotatable bonds is 3. The molecule has 1 aromatic rings. The highest BCUT2D eigenvalue weighted by Crippen LogP contribution is 2.27. The van der Waals surface area contributed by atoms with Crippen LogP contribution in [0.1, 0.15) is 29.5 Å². The molecule has 16 heavy (non-hydrogen) atoms. The molecule has 7 heteroatoms. The van der Waals surface area contributed by atoms with E-state index in [2.05, 4.69) is 9.72 Å². The van der Waals surface area contributed by atoms with E-state index in [1.165, 1.54) is 6.92 Å². The summed E-state index contributed by atoms with van der Waals surface area (Å²) in [5.41, 5.74) is -1.50. The molecular formula is C9H7ClF3NO2. The summed E-state index contributed by atoms with van der Waals surface area (Å²) in [6, 6.07) is 0.659. The highest BCUT2D eigenvalue weighted by atomic mass is 35.5. The van der Waals surface area contributed by atoms with Crippen LogP contribution in [0.5, 0.6) is 0 Å². The highest BCUT2D eigenvalue weighted by Gasteiger charge is 2.21. The topological polar surface area (TPSA) is 39.2 Å². The number of pyridine rings is 1. The predicted molar refractivity (Wildman–Crippen MR) is 50.1 cm³/mol. The first-order valence-electron chi connectivity index (χ1n) is 4.28. The number of ether oxygens (including phenoxy) is 1. The van der Waals surface area contributed by atoms with Gasteiger partial charge in [-0.1, -0.05) is 11.6 Å². The minimum Gasteiger partial charge on any atom is -0.461 e. The van der Waals surface area contributed by atoms with Crippen molar-refractivity contribution in [3.63, 3.8) is 0 Å². The van der Waals surface area contributed by atoms with E-state index >= 15 is 0 Å². The molecule has 0 bridgehead atoms. The van der Waals surface area contributed by atoms with Gasteiger partial charge in [-0.3, -0.25) is 0 Å². The molecule has 0 atom stereocenters. The second-order valence-corrected chi connectivity index (χ2v) is 3.09. The van der Waals surface area contributed by atoms with Gasteiger partial charge in [-0.15, -0.1) is 0 Å². The summed E-state index contributed by atoms with van der Waals surface area (Å²) < 4.78 is 42.3. The van der Waals surface area contributed by atoms with Crippen LogP contribution in [0.4, 0.5) is 13.2 Å². The van der Waals surface area contributed by atoms with E-state index in [0.717, 1.165) is 0 Å². The molecule has 0 aliphatic carbocycles. The molecule has 0 unspecified atom stereocenters. The smallest absolute Gasteiger partial charge is 0.357 e. The van der Waals surface area contributed by atoms with Crippen molar-refractivity contribution in [1.82, 2.24) is 4.98 Å². The van der Waals surface area contributed by atoms with Gasteiger partial charge < -0.3 is 4.74 Å². The summed E-state index contributed by atoms with van der Waals surface area (Å²) in [6.07, 6.45) is -3.06. The van der Waals surface area contributed by atoms with Gasteiger partial charge in [-0.2, -0.15) is 0 Å². The van der Waals surface area contributed by atoms with Gasteiger partial charge in [0.25, 0.3) is 6.43 Å². The molecule has 88 valence electrons. The zero-order valence-electron chi connectivity index (χ0n) is 8.14. The summed E-state index contributed by atoms with van der Waals surface area (Å²) in [4.78, 5) is 14.4. The Hall–Kier alpha value is -1.30. The van der Waals surface area contributed by atoms with Gasteiger partial charge in [0.2, 0.25) is 0 Å². The van der Waals surface area contributed by atoms with Crippen LogP contribution < -0.4 is 0 Å². The molecule has 0 radical (unpaired) electrons. The van der Waals surface area contributed by atoms with E-state index in [1.54, 1.807) is 0 Å². The molecule has 1 rings (SSSR count).